The van der Waals surface area contributed by atoms with Crippen molar-refractivity contribution in [3.8, 4) is 0 Å². The van der Waals surface area contributed by atoms with Gasteiger partial charge < -0.3 is 133 Å². The van der Waals surface area contributed by atoms with Crippen LogP contribution in [0.25, 0.3) is 0 Å². The van der Waals surface area contributed by atoms with E-state index in [-0.39, 0.29) is 0 Å². The maximum atomic E-state index is 12.5. The van der Waals surface area contributed by atoms with Gasteiger partial charge >= 0.3 is 72.8 Å². The standard InChI is InChI=1S/C56H98O56S7/c1-78-36-29-22(15-92-113(57,58)59)99-50(43(36)85-8)107-30-23(16-93-114(60,61)62)101-52(45(87-10)37(30)79-2)109-32-25(18-95-116(66,67)68)103-54(47(89-12)39(32)81-4)111-34-27(20-97-118(72,73)74)105-56(49(91-14)41(34)83-6)112-35-28(21-98-119(75,76)77)104-55(48(90-13)42(35)84-7)110-33-26(19-96-117(69,70)71)102-53(46(88-11)40(33)82-5)108-31-24(17-94-115(63,64)65)100-51(106-29)44(86-9)38(31)80-3/h22-56H,15-21H2,1-14H3,(H,57,58,59)(H,60,61,62)(H,63,64,65)(H,66,67,68)(H,69,70,71)(H,72,73,74)(H,75,76,77)/t22-,23-,24-,25-,26-,27-,28-,29-,30-,31-,32-,33-,34-,35-,36-,37+,38+,39+,40+,41+,42+,43-,44-,45-,46-,47-,48-,49-,50-,51-,52?,53-,54-,55-,56-/m1/s1. The van der Waals surface area contributed by atoms with Gasteiger partial charge in [0.1, 0.15) is 171 Å². The normalized spacial score (nSPS) is 41.0. The average molecular weight is 1890 g/mol. The fourth-order valence-electron chi connectivity index (χ4n) is 14.8. The van der Waals surface area contributed by atoms with E-state index in [2.05, 4.69) is 0 Å². The molecule has 21 aliphatic rings. The van der Waals surface area contributed by atoms with E-state index in [4.69, 9.17) is 162 Å². The summed E-state index contributed by atoms with van der Waals surface area (Å²) in [6.45, 7) is -9.08. The van der Waals surface area contributed by atoms with E-state index < -0.39 is 334 Å². The van der Waals surface area contributed by atoms with Crippen LogP contribution in [0.4, 0.5) is 0 Å². The van der Waals surface area contributed by atoms with Gasteiger partial charge in [0.2, 0.25) is 0 Å². The maximum absolute atomic E-state index is 12.5. The minimum absolute atomic E-state index is 1.04. The minimum atomic E-state index is -5.50. The van der Waals surface area contributed by atoms with Gasteiger partial charge in [0, 0.05) is 99.5 Å². The second-order valence-corrected chi connectivity index (χ2v) is 33.9. The van der Waals surface area contributed by atoms with Gasteiger partial charge in [-0.15, -0.1) is 0 Å². The quantitative estimate of drug-likeness (QED) is 0.0290. The van der Waals surface area contributed by atoms with Crippen molar-refractivity contribution in [2.75, 3.05) is 146 Å². The highest BCUT2D eigenvalue weighted by molar-refractivity contribution is 7.82. The monoisotopic (exact) mass is 1890 g/mol. The van der Waals surface area contributed by atoms with Crippen LogP contribution in [0.1, 0.15) is 0 Å². The molecule has 21 heterocycles. The first-order valence-electron chi connectivity index (χ1n) is 34.6. The van der Waals surface area contributed by atoms with Gasteiger partial charge in [0.05, 0.1) is 46.2 Å². The summed E-state index contributed by atoms with van der Waals surface area (Å²) >= 11 is 0. The van der Waals surface area contributed by atoms with Crippen molar-refractivity contribution in [1.82, 2.24) is 0 Å². The molecule has 0 aliphatic carbocycles. The third-order valence-electron chi connectivity index (χ3n) is 19.7. The second-order valence-electron chi connectivity index (χ2n) is 26.3. The Hall–Kier alpha value is -2.03. The zero-order chi connectivity index (χ0) is 88.4. The van der Waals surface area contributed by atoms with E-state index in [0.717, 1.165) is 99.5 Å². The number of hydrogen-bond acceptors (Lipinski definition) is 49. The zero-order valence-corrected chi connectivity index (χ0v) is 70.9. The molecule has 700 valence electrons. The molecule has 119 heavy (non-hydrogen) atoms. The van der Waals surface area contributed by atoms with Crippen LogP contribution in [0, 0.1) is 0 Å². The van der Waals surface area contributed by atoms with Crippen LogP contribution < -0.4 is 0 Å². The molecule has 21 aliphatic heterocycles. The Morgan fingerprint density at radius 1 is 0.168 bits per heavy atom. The SMILES string of the molecule is CO[C@@H]1[C@@H](OC)[C@H]2O[C@H]3[C@H](OC)[C@@H](OC)[C@@H](O[C@H]4[C@H](OC)[C@@H](OC)[C@@H](O[C@H]5[C@H](OC)[C@@H](OC)[C@@H](O[C@H]6[C@H](OC)[C@@H](OC)[C@@H](O[C@H]7[C@@H](OC)[C@@H](OC)[C@@H](O[C@H]8[C@H](OC)[C@@H](OC)C(O[C@@H]1[C@@H](COS(=O)(=O)O)O2)O[C@@H]8COS(=O)(=O)O)O[C@@H]7COS(=O)(=O)O)O[C@@H]6COS(=O)(=O)O)O[C@@H]5COS(=O)(=O)O)O[C@@H]4COS(=O)(=O)O)O[C@@H]3COS(=O)(=O)O. The summed E-state index contributed by atoms with van der Waals surface area (Å²) in [7, 11) is -23.9. The lowest BCUT2D eigenvalue weighted by atomic mass is 9.94. The van der Waals surface area contributed by atoms with Crippen molar-refractivity contribution < 1.29 is 253 Å². The fourth-order valence-corrected chi connectivity index (χ4v) is 16.9. The molecule has 7 N–H and O–H groups in total. The molecule has 0 aromatic rings. The lowest BCUT2D eigenvalue weighted by Crippen LogP contribution is -2.69. The molecule has 0 saturated carbocycles. The van der Waals surface area contributed by atoms with Gasteiger partial charge in [-0.3, -0.25) is 31.9 Å². The predicted molar refractivity (Wildman–Crippen MR) is 368 cm³/mol. The van der Waals surface area contributed by atoms with Crippen LogP contribution in [0.2, 0.25) is 0 Å². The molecule has 0 aromatic carbocycles. The Bertz CT molecular complexity index is 3280. The zero-order valence-electron chi connectivity index (χ0n) is 65.1. The summed E-state index contributed by atoms with van der Waals surface area (Å²) in [5.41, 5.74) is 0. The lowest BCUT2D eigenvalue weighted by molar-refractivity contribution is -0.401. The molecule has 35 atom stereocenters. The summed E-state index contributed by atoms with van der Waals surface area (Å²) in [6, 6.07) is 0. The van der Waals surface area contributed by atoms with Crippen molar-refractivity contribution in [2.24, 2.45) is 0 Å². The van der Waals surface area contributed by atoms with E-state index in [1.54, 1.807) is 0 Å². The number of methoxy groups -OCH3 is 14. The summed E-state index contributed by atoms with van der Waals surface area (Å²) < 4.78 is 453. The van der Waals surface area contributed by atoms with Crippen LogP contribution in [-0.2, 0) is 235 Å². The van der Waals surface area contributed by atoms with Gasteiger partial charge in [-0.05, 0) is 0 Å². The molecule has 1 unspecified atom stereocenters. The Morgan fingerprint density at radius 2 is 0.261 bits per heavy atom. The third kappa shape index (κ3) is 27.1. The molecule has 56 nitrogen and oxygen atoms in total. The molecule has 21 saturated heterocycles. The van der Waals surface area contributed by atoms with E-state index >= 15 is 0 Å². The Labute approximate surface area is 683 Å². The van der Waals surface area contributed by atoms with E-state index in [1.807, 2.05) is 0 Å². The van der Waals surface area contributed by atoms with Gasteiger partial charge in [0.25, 0.3) is 0 Å². The van der Waals surface area contributed by atoms with E-state index in [1.165, 1.54) is 0 Å². The van der Waals surface area contributed by atoms with Gasteiger partial charge in [-0.2, -0.15) is 58.9 Å². The summed E-state index contributed by atoms with van der Waals surface area (Å²) in [4.78, 5) is 0. The molecule has 0 aromatic heterocycles. The largest absolute Gasteiger partial charge is 0.397 e. The number of hydrogen-bond donors (Lipinski definition) is 7. The van der Waals surface area contributed by atoms with E-state index in [9.17, 15) is 90.8 Å². The van der Waals surface area contributed by atoms with Crippen molar-refractivity contribution in [3.63, 3.8) is 0 Å². The highest BCUT2D eigenvalue weighted by atomic mass is 32.3. The molecule has 0 spiro atoms. The molecular formula is C56H98O56S7. The van der Waals surface area contributed by atoms with Crippen molar-refractivity contribution in [1.29, 1.82) is 0 Å². The topological polar surface area (TPSA) is 704 Å². The van der Waals surface area contributed by atoms with Crippen LogP contribution in [0.5, 0.6) is 0 Å². The van der Waals surface area contributed by atoms with Gasteiger partial charge in [0.15, 0.2) is 44.0 Å². The predicted octanol–water partition coefficient (Wildman–Crippen LogP) is -7.28. The van der Waals surface area contributed by atoms with Gasteiger partial charge in [-0.1, -0.05) is 0 Å². The van der Waals surface area contributed by atoms with Gasteiger partial charge in [-0.25, -0.2) is 29.3 Å². The van der Waals surface area contributed by atoms with Crippen LogP contribution >= 0.6 is 0 Å². The Kier molecular flexibility index (Phi) is 37.7. The fraction of sp³-hybridized carbons (Fsp3) is 1.00. The van der Waals surface area contributed by atoms with Crippen molar-refractivity contribution in [3.05, 3.63) is 0 Å². The van der Waals surface area contributed by atoms with Crippen molar-refractivity contribution in [2.45, 2.75) is 215 Å². The second kappa shape index (κ2) is 43.9. The van der Waals surface area contributed by atoms with Crippen LogP contribution in [0.15, 0.2) is 0 Å². The maximum Gasteiger partial charge on any atom is 0.397 e. The molecule has 0 amide bonds. The Morgan fingerprint density at radius 3 is 0.336 bits per heavy atom. The summed E-state index contributed by atoms with van der Waals surface area (Å²) in [6.07, 6.45) is -66.4. The van der Waals surface area contributed by atoms with Crippen LogP contribution in [-0.4, -0.2) is 452 Å². The summed E-state index contributed by atoms with van der Waals surface area (Å²) in [5, 5.41) is 0. The first kappa shape index (κ1) is 102. The Balaban J connectivity index is 1.35. The first-order valence-corrected chi connectivity index (χ1v) is 44.2. The minimum Gasteiger partial charge on any atom is -0.376 e. The molecular weight excluding hydrogens is 1790 g/mol. The molecule has 21 fully saturated rings. The highest BCUT2D eigenvalue weighted by Crippen LogP contribution is 2.44. The third-order valence-corrected chi connectivity index (χ3v) is 22.7. The molecule has 63 heteroatoms. The van der Waals surface area contributed by atoms with Crippen LogP contribution in [0.3, 0.4) is 0 Å². The first-order chi connectivity index (χ1) is 55.7. The number of ether oxygens (including phenoxy) is 28. The smallest absolute Gasteiger partial charge is 0.376 e. The van der Waals surface area contributed by atoms with Crippen molar-refractivity contribution >= 4 is 72.8 Å². The highest BCUT2D eigenvalue weighted by Gasteiger charge is 2.63. The average Bonchev–Trinajstić information content (AvgIpc) is 0.798. The molecule has 0 radical (unpaired) electrons. The molecule has 14 bridgehead atoms. The lowest BCUT2D eigenvalue weighted by Gasteiger charge is -2.52. The van der Waals surface area contributed by atoms with E-state index in [0.29, 0.717) is 0 Å². The molecule has 21 rings (SSSR count). The summed E-state index contributed by atoms with van der Waals surface area (Å²) in [5.74, 6) is 0. The number of rotatable bonds is 35.